The van der Waals surface area contributed by atoms with E-state index >= 15 is 0 Å². The molecule has 0 amide bonds. The summed E-state index contributed by atoms with van der Waals surface area (Å²) in [6.45, 7) is 8.59. The van der Waals surface area contributed by atoms with Crippen LogP contribution >= 0.6 is 12.2 Å². The average molecular weight is 296 g/mol. The maximum atomic E-state index is 12.1. The minimum atomic E-state index is -0.456. The Morgan fingerprint density at radius 3 is 2.65 bits per heavy atom. The first-order valence-corrected chi connectivity index (χ1v) is 7.08. The number of fused-ring (bicyclic) bond motifs is 1. The van der Waals surface area contributed by atoms with Gasteiger partial charge in [0.05, 0.1) is 12.8 Å². The normalized spacial score (nSPS) is 13.1. The Labute approximate surface area is 122 Å². The molecule has 1 atom stereocenters. The Kier molecular flexibility index (Phi) is 3.99. The predicted molar refractivity (Wildman–Crippen MR) is 79.2 cm³/mol. The van der Waals surface area contributed by atoms with Gasteiger partial charge in [0.1, 0.15) is 11.6 Å². The number of nitrogens with one attached hydrogen (secondary N) is 1. The van der Waals surface area contributed by atoms with E-state index in [9.17, 15) is 4.79 Å². The van der Waals surface area contributed by atoms with Crippen LogP contribution in [0, 0.1) is 17.6 Å². The van der Waals surface area contributed by atoms with Crippen molar-refractivity contribution in [3.05, 3.63) is 10.5 Å². The largest absolute Gasteiger partial charge is 0.467 e. The lowest BCUT2D eigenvalue weighted by atomic mass is 10.0. The summed E-state index contributed by atoms with van der Waals surface area (Å²) in [6.07, 6.45) is 0. The number of rotatable bonds is 4. The summed E-state index contributed by atoms with van der Waals surface area (Å²) < 4.78 is 9.13. The summed E-state index contributed by atoms with van der Waals surface area (Å²) in [7, 11) is 1.40. The number of aromatic amines is 1. The Morgan fingerprint density at radius 2 is 2.15 bits per heavy atom. The van der Waals surface area contributed by atoms with Crippen molar-refractivity contribution in [3.8, 4) is 0 Å². The zero-order valence-electron chi connectivity index (χ0n) is 12.4. The van der Waals surface area contributed by atoms with Crippen LogP contribution in [-0.4, -0.2) is 32.4 Å². The van der Waals surface area contributed by atoms with Gasteiger partial charge >= 0.3 is 5.97 Å². The van der Waals surface area contributed by atoms with Crippen LogP contribution in [0.1, 0.15) is 32.5 Å². The van der Waals surface area contributed by atoms with E-state index in [2.05, 4.69) is 10.1 Å². The number of nitrogens with zero attached hydrogens (tertiary/aromatic N) is 3. The molecule has 0 aromatic carbocycles. The zero-order chi connectivity index (χ0) is 15.0. The fourth-order valence-electron chi connectivity index (χ4n) is 2.50. The lowest BCUT2D eigenvalue weighted by Crippen LogP contribution is -2.26. The molecule has 1 unspecified atom stereocenters. The first-order valence-electron chi connectivity index (χ1n) is 6.67. The number of imidazole rings is 1. The lowest BCUT2D eigenvalue weighted by Gasteiger charge is -2.20. The van der Waals surface area contributed by atoms with Gasteiger partial charge < -0.3 is 9.72 Å². The lowest BCUT2D eigenvalue weighted by molar-refractivity contribution is -0.145. The number of methoxy groups -OCH3 is 1. The minimum Gasteiger partial charge on any atom is -0.467 e. The van der Waals surface area contributed by atoms with Gasteiger partial charge in [-0.2, -0.15) is 5.10 Å². The molecule has 110 valence electrons. The first-order chi connectivity index (χ1) is 9.42. The van der Waals surface area contributed by atoms with Gasteiger partial charge in [0.25, 0.3) is 0 Å². The molecule has 2 aromatic rings. The Bertz CT molecular complexity index is 695. The minimum absolute atomic E-state index is 0.0636. The third kappa shape index (κ3) is 2.15. The number of esters is 1. The highest BCUT2D eigenvalue weighted by molar-refractivity contribution is 7.71. The second kappa shape index (κ2) is 5.40. The molecule has 0 bridgehead atoms. The van der Waals surface area contributed by atoms with Gasteiger partial charge in [-0.1, -0.05) is 13.8 Å². The molecule has 0 saturated heterocycles. The average Bonchev–Trinajstić information content (AvgIpc) is 2.88. The number of ether oxygens (including phenoxy) is 1. The van der Waals surface area contributed by atoms with Crippen LogP contribution < -0.4 is 0 Å². The second-order valence-corrected chi connectivity index (χ2v) is 5.50. The van der Waals surface area contributed by atoms with E-state index in [1.807, 2.05) is 36.9 Å². The highest BCUT2D eigenvalue weighted by Crippen LogP contribution is 2.27. The maximum absolute atomic E-state index is 12.1. The molecule has 2 rings (SSSR count). The summed E-state index contributed by atoms with van der Waals surface area (Å²) in [5.74, 6) is -0.229. The van der Waals surface area contributed by atoms with E-state index in [1.54, 1.807) is 0 Å². The quantitative estimate of drug-likeness (QED) is 0.696. The number of aromatic nitrogens is 4. The van der Waals surface area contributed by atoms with Gasteiger partial charge in [0, 0.05) is 6.54 Å². The number of H-pyrrole nitrogens is 1. The predicted octanol–water partition coefficient (Wildman–Crippen LogP) is 2.59. The highest BCUT2D eigenvalue weighted by atomic mass is 32.1. The topological polar surface area (TPSA) is 64.8 Å². The zero-order valence-corrected chi connectivity index (χ0v) is 13.2. The van der Waals surface area contributed by atoms with Crippen molar-refractivity contribution >= 4 is 29.4 Å². The molecular formula is C13H20N4O2S. The molecule has 0 radical (unpaired) electrons. The molecule has 20 heavy (non-hydrogen) atoms. The molecule has 6 nitrogen and oxygen atoms in total. The van der Waals surface area contributed by atoms with Crippen LogP contribution in [0.4, 0.5) is 0 Å². The Balaban J connectivity index is 2.77. The third-order valence-corrected chi connectivity index (χ3v) is 3.73. The standard InChI is InChI=1S/C13H20N4O2S/c1-6-16-11-9(8(4)15-16)14-13(20)17(11)10(7(2)3)12(18)19-5/h7,10H,6H2,1-5H3,(H,14,20). The van der Waals surface area contributed by atoms with Gasteiger partial charge in [0.15, 0.2) is 10.4 Å². The molecule has 0 saturated carbocycles. The van der Waals surface area contributed by atoms with Crippen molar-refractivity contribution in [1.82, 2.24) is 19.3 Å². The van der Waals surface area contributed by atoms with Crippen LogP contribution in [0.3, 0.4) is 0 Å². The van der Waals surface area contributed by atoms with E-state index in [-0.39, 0.29) is 11.9 Å². The summed E-state index contributed by atoms with van der Waals surface area (Å²) >= 11 is 5.39. The fourth-order valence-corrected chi connectivity index (χ4v) is 2.80. The SMILES string of the molecule is CCn1nc(C)c2[nH]c(=S)n(C(C(=O)OC)C(C)C)c21. The van der Waals surface area contributed by atoms with Crippen molar-refractivity contribution in [2.24, 2.45) is 5.92 Å². The van der Waals surface area contributed by atoms with Gasteiger partial charge in [-0.15, -0.1) is 0 Å². The second-order valence-electron chi connectivity index (χ2n) is 5.11. The van der Waals surface area contributed by atoms with Gasteiger partial charge in [-0.3, -0.25) is 4.57 Å². The number of carbonyl (C=O) groups excluding carboxylic acids is 1. The van der Waals surface area contributed by atoms with Gasteiger partial charge in [0.2, 0.25) is 0 Å². The van der Waals surface area contributed by atoms with Gasteiger partial charge in [-0.25, -0.2) is 9.48 Å². The smallest absolute Gasteiger partial charge is 0.329 e. The van der Waals surface area contributed by atoms with Crippen LogP contribution in [0.5, 0.6) is 0 Å². The highest BCUT2D eigenvalue weighted by Gasteiger charge is 2.29. The number of hydrogen-bond donors (Lipinski definition) is 1. The third-order valence-electron chi connectivity index (χ3n) is 3.43. The molecule has 0 fully saturated rings. The molecule has 2 aromatic heterocycles. The van der Waals surface area contributed by atoms with Crippen LogP contribution in [0.15, 0.2) is 0 Å². The van der Waals surface area contributed by atoms with Crippen LogP contribution in [0.2, 0.25) is 0 Å². The van der Waals surface area contributed by atoms with E-state index < -0.39 is 6.04 Å². The number of carbonyl (C=O) groups is 1. The molecule has 1 N–H and O–H groups in total. The van der Waals surface area contributed by atoms with Crippen molar-refractivity contribution in [1.29, 1.82) is 0 Å². The molecule has 0 aliphatic carbocycles. The van der Waals surface area contributed by atoms with Gasteiger partial charge in [-0.05, 0) is 32.0 Å². The molecule has 0 aliphatic rings. The molecule has 2 heterocycles. The van der Waals surface area contributed by atoms with E-state index in [0.29, 0.717) is 11.3 Å². The van der Waals surface area contributed by atoms with Crippen molar-refractivity contribution in [2.75, 3.05) is 7.11 Å². The molecule has 7 heteroatoms. The van der Waals surface area contributed by atoms with Crippen molar-refractivity contribution in [3.63, 3.8) is 0 Å². The molecular weight excluding hydrogens is 276 g/mol. The van der Waals surface area contributed by atoms with Crippen LogP contribution in [-0.2, 0) is 16.1 Å². The summed E-state index contributed by atoms with van der Waals surface area (Å²) in [5, 5.41) is 4.46. The van der Waals surface area contributed by atoms with Crippen molar-refractivity contribution in [2.45, 2.75) is 40.3 Å². The monoisotopic (exact) mass is 296 g/mol. The number of aryl methyl sites for hydroxylation is 2. The summed E-state index contributed by atoms with van der Waals surface area (Å²) in [5.41, 5.74) is 2.60. The Morgan fingerprint density at radius 1 is 1.50 bits per heavy atom. The summed E-state index contributed by atoms with van der Waals surface area (Å²) in [4.78, 5) is 15.3. The van der Waals surface area contributed by atoms with Crippen LogP contribution in [0.25, 0.3) is 11.2 Å². The molecule has 0 spiro atoms. The van der Waals surface area contributed by atoms with Crippen molar-refractivity contribution < 1.29 is 9.53 Å². The first kappa shape index (κ1) is 14.8. The number of hydrogen-bond acceptors (Lipinski definition) is 4. The summed E-state index contributed by atoms with van der Waals surface area (Å²) in [6, 6.07) is -0.456. The molecule has 0 aliphatic heterocycles. The van der Waals surface area contributed by atoms with E-state index in [0.717, 1.165) is 16.9 Å². The Hall–Kier alpha value is -1.63. The fraction of sp³-hybridized carbons (Fsp3) is 0.615. The van der Waals surface area contributed by atoms with E-state index in [4.69, 9.17) is 17.0 Å². The maximum Gasteiger partial charge on any atom is 0.329 e. The van der Waals surface area contributed by atoms with E-state index in [1.165, 1.54) is 7.11 Å².